The van der Waals surface area contributed by atoms with Gasteiger partial charge in [0.05, 0.1) is 13.5 Å². The molecule has 0 bridgehead atoms. The molecule has 2 aromatic carbocycles. The molecule has 0 aromatic heterocycles. The van der Waals surface area contributed by atoms with Crippen molar-refractivity contribution < 1.29 is 14.3 Å². The van der Waals surface area contributed by atoms with E-state index in [1.165, 1.54) is 12.0 Å². The molecule has 4 heteroatoms. The fraction of sp³-hybridized carbons (Fsp3) is 0.294. The fourth-order valence-electron chi connectivity index (χ4n) is 2.32. The minimum absolute atomic E-state index is 0.00337. The van der Waals surface area contributed by atoms with E-state index in [0.717, 1.165) is 16.3 Å². The zero-order valence-electron chi connectivity index (χ0n) is 12.3. The monoisotopic (exact) mass is 285 g/mol. The smallest absolute Gasteiger partial charge is 0.325 e. The lowest BCUT2D eigenvalue weighted by atomic mass is 10.0. The van der Waals surface area contributed by atoms with Crippen molar-refractivity contribution in [2.24, 2.45) is 0 Å². The summed E-state index contributed by atoms with van der Waals surface area (Å²) < 4.78 is 4.62. The summed E-state index contributed by atoms with van der Waals surface area (Å²) in [7, 11) is 1.32. The van der Waals surface area contributed by atoms with Gasteiger partial charge < -0.3 is 9.64 Å². The van der Waals surface area contributed by atoms with Crippen LogP contribution in [0.5, 0.6) is 0 Å². The molecule has 0 saturated heterocycles. The van der Waals surface area contributed by atoms with E-state index in [0.29, 0.717) is 6.54 Å². The molecule has 4 nitrogen and oxygen atoms in total. The van der Waals surface area contributed by atoms with E-state index in [2.05, 4.69) is 4.74 Å². The van der Waals surface area contributed by atoms with Crippen LogP contribution in [0.1, 0.15) is 12.5 Å². The molecule has 0 heterocycles. The van der Waals surface area contributed by atoms with Gasteiger partial charge in [-0.25, -0.2) is 0 Å². The molecule has 0 N–H and O–H groups in total. The molecule has 2 aromatic rings. The third-order valence-electron chi connectivity index (χ3n) is 3.50. The summed E-state index contributed by atoms with van der Waals surface area (Å²) in [4.78, 5) is 25.2. The molecule has 1 amide bonds. The second-order valence-corrected chi connectivity index (χ2v) is 4.80. The Labute approximate surface area is 124 Å². The Morgan fingerprint density at radius 2 is 1.81 bits per heavy atom. The number of likely N-dealkylation sites (N-methyl/N-ethyl adjacent to an activating group) is 1. The number of ether oxygens (including phenoxy) is 1. The number of fused-ring (bicyclic) bond motifs is 1. The topological polar surface area (TPSA) is 46.6 Å². The van der Waals surface area contributed by atoms with Crippen molar-refractivity contribution in [2.75, 3.05) is 20.2 Å². The lowest BCUT2D eigenvalue weighted by Crippen LogP contribution is -2.37. The molecule has 2 rings (SSSR count). The summed E-state index contributed by atoms with van der Waals surface area (Å²) in [5, 5.41) is 2.18. The molecule has 0 fully saturated rings. The maximum Gasteiger partial charge on any atom is 0.325 e. The van der Waals surface area contributed by atoms with Gasteiger partial charge in [0.15, 0.2) is 0 Å². The van der Waals surface area contributed by atoms with Gasteiger partial charge in [-0.15, -0.1) is 0 Å². The third kappa shape index (κ3) is 3.60. The summed E-state index contributed by atoms with van der Waals surface area (Å²) in [5.74, 6) is -0.470. The van der Waals surface area contributed by atoms with Gasteiger partial charge in [-0.3, -0.25) is 9.59 Å². The number of carbonyl (C=O) groups excluding carboxylic acids is 2. The van der Waals surface area contributed by atoms with Crippen molar-refractivity contribution in [3.05, 3.63) is 48.0 Å². The van der Waals surface area contributed by atoms with Crippen LogP contribution in [0, 0.1) is 0 Å². The molecule has 0 spiro atoms. The minimum Gasteiger partial charge on any atom is -0.468 e. The van der Waals surface area contributed by atoms with Crippen LogP contribution in [0.4, 0.5) is 0 Å². The molecule has 0 unspecified atom stereocenters. The molecule has 0 aliphatic carbocycles. The molecule has 0 atom stereocenters. The molecule has 0 aliphatic heterocycles. The number of nitrogens with zero attached hydrogens (tertiary/aromatic N) is 1. The van der Waals surface area contributed by atoms with Gasteiger partial charge in [0.1, 0.15) is 6.54 Å². The molecule has 21 heavy (non-hydrogen) atoms. The number of rotatable bonds is 5. The van der Waals surface area contributed by atoms with Crippen molar-refractivity contribution >= 4 is 22.6 Å². The maximum atomic E-state index is 12.4. The normalized spacial score (nSPS) is 10.4. The quantitative estimate of drug-likeness (QED) is 0.793. The summed E-state index contributed by atoms with van der Waals surface area (Å²) in [5.41, 5.74) is 0.974. The molecule has 0 saturated carbocycles. The highest BCUT2D eigenvalue weighted by molar-refractivity contribution is 5.91. The zero-order valence-corrected chi connectivity index (χ0v) is 12.3. The Hall–Kier alpha value is -2.36. The molecule has 110 valence electrons. The highest BCUT2D eigenvalue weighted by atomic mass is 16.5. The van der Waals surface area contributed by atoms with Crippen molar-refractivity contribution in [1.82, 2.24) is 4.90 Å². The number of carbonyl (C=O) groups is 2. The lowest BCUT2D eigenvalue weighted by Gasteiger charge is -2.19. The van der Waals surface area contributed by atoms with Gasteiger partial charge >= 0.3 is 5.97 Å². The van der Waals surface area contributed by atoms with Crippen LogP contribution in [-0.4, -0.2) is 37.0 Å². The number of amides is 1. The van der Waals surface area contributed by atoms with Gasteiger partial charge in [-0.2, -0.15) is 0 Å². The highest BCUT2D eigenvalue weighted by Gasteiger charge is 2.17. The van der Waals surface area contributed by atoms with Gasteiger partial charge in [0, 0.05) is 6.54 Å². The SMILES string of the molecule is CCN(CC(=O)OC)C(=O)Cc1cccc2ccccc12. The van der Waals surface area contributed by atoms with Crippen molar-refractivity contribution in [2.45, 2.75) is 13.3 Å². The van der Waals surface area contributed by atoms with Crippen molar-refractivity contribution in [3.63, 3.8) is 0 Å². The average Bonchev–Trinajstić information content (AvgIpc) is 2.52. The van der Waals surface area contributed by atoms with Gasteiger partial charge in [-0.1, -0.05) is 42.5 Å². The molecular weight excluding hydrogens is 266 g/mol. The molecule has 0 aliphatic rings. The van der Waals surface area contributed by atoms with Crippen molar-refractivity contribution in [1.29, 1.82) is 0 Å². The number of hydrogen-bond acceptors (Lipinski definition) is 3. The summed E-state index contributed by atoms with van der Waals surface area (Å²) in [6.07, 6.45) is 0.284. The second kappa shape index (κ2) is 6.88. The summed E-state index contributed by atoms with van der Waals surface area (Å²) in [6, 6.07) is 13.9. The van der Waals surface area contributed by atoms with Crippen LogP contribution in [0.15, 0.2) is 42.5 Å². The lowest BCUT2D eigenvalue weighted by molar-refractivity contribution is -0.146. The molecular formula is C17H19NO3. The standard InChI is InChI=1S/C17H19NO3/c1-3-18(12-17(20)21-2)16(19)11-14-9-6-8-13-7-4-5-10-15(13)14/h4-10H,3,11-12H2,1-2H3. The van der Waals surface area contributed by atoms with Crippen LogP contribution in [-0.2, 0) is 20.7 Å². The Kier molecular flexibility index (Phi) is 4.93. The van der Waals surface area contributed by atoms with Crippen LogP contribution < -0.4 is 0 Å². The number of esters is 1. The van der Waals surface area contributed by atoms with E-state index in [1.54, 1.807) is 0 Å². The Morgan fingerprint density at radius 1 is 1.10 bits per heavy atom. The zero-order chi connectivity index (χ0) is 15.2. The number of benzene rings is 2. The summed E-state index contributed by atoms with van der Waals surface area (Å²) >= 11 is 0. The number of hydrogen-bond donors (Lipinski definition) is 0. The largest absolute Gasteiger partial charge is 0.468 e. The van der Waals surface area contributed by atoms with Gasteiger partial charge in [0.25, 0.3) is 0 Å². The fourth-order valence-corrected chi connectivity index (χ4v) is 2.32. The van der Waals surface area contributed by atoms with E-state index < -0.39 is 5.97 Å². The van der Waals surface area contributed by atoms with Crippen LogP contribution in [0.25, 0.3) is 10.8 Å². The van der Waals surface area contributed by atoms with Crippen molar-refractivity contribution in [3.8, 4) is 0 Å². The highest BCUT2D eigenvalue weighted by Crippen LogP contribution is 2.19. The first-order chi connectivity index (χ1) is 10.2. The number of methoxy groups -OCH3 is 1. The first-order valence-corrected chi connectivity index (χ1v) is 6.97. The van der Waals surface area contributed by atoms with Crippen LogP contribution in [0.3, 0.4) is 0 Å². The van der Waals surface area contributed by atoms with E-state index in [1.807, 2.05) is 49.4 Å². The van der Waals surface area contributed by atoms with E-state index in [-0.39, 0.29) is 18.9 Å². The predicted octanol–water partition coefficient (Wildman–Crippen LogP) is 2.40. The Balaban J connectivity index is 2.19. The average molecular weight is 285 g/mol. The van der Waals surface area contributed by atoms with E-state index in [4.69, 9.17) is 0 Å². The second-order valence-electron chi connectivity index (χ2n) is 4.80. The van der Waals surface area contributed by atoms with E-state index >= 15 is 0 Å². The summed E-state index contributed by atoms with van der Waals surface area (Å²) in [6.45, 7) is 2.33. The maximum absolute atomic E-state index is 12.4. The Morgan fingerprint density at radius 3 is 2.52 bits per heavy atom. The Bertz CT molecular complexity index is 646. The van der Waals surface area contributed by atoms with Gasteiger partial charge in [-0.05, 0) is 23.3 Å². The molecule has 0 radical (unpaired) electrons. The van der Waals surface area contributed by atoms with Crippen LogP contribution >= 0.6 is 0 Å². The first kappa shape index (κ1) is 15.0. The van der Waals surface area contributed by atoms with Crippen LogP contribution in [0.2, 0.25) is 0 Å². The third-order valence-corrected chi connectivity index (χ3v) is 3.50. The first-order valence-electron chi connectivity index (χ1n) is 6.97. The van der Waals surface area contributed by atoms with Gasteiger partial charge in [0.2, 0.25) is 5.91 Å². The van der Waals surface area contributed by atoms with E-state index in [9.17, 15) is 9.59 Å². The predicted molar refractivity (Wildman–Crippen MR) is 81.9 cm³/mol. The minimum atomic E-state index is -0.400.